The summed E-state index contributed by atoms with van der Waals surface area (Å²) in [7, 11) is 0. The number of nitrogens with zero attached hydrogens (tertiary/aromatic N) is 2. The minimum absolute atomic E-state index is 0.241. The first-order valence-electron chi connectivity index (χ1n) is 7.50. The van der Waals surface area contributed by atoms with E-state index in [4.69, 9.17) is 0 Å². The van der Waals surface area contributed by atoms with Gasteiger partial charge in [0.25, 0.3) is 0 Å². The van der Waals surface area contributed by atoms with Gasteiger partial charge in [-0.2, -0.15) is 5.26 Å². The molecule has 2 rings (SSSR count). The molecule has 2 aliphatic rings. The molecule has 3 nitrogen and oxygen atoms in total. The van der Waals surface area contributed by atoms with Crippen LogP contribution in [0.3, 0.4) is 0 Å². The lowest BCUT2D eigenvalue weighted by atomic mass is 9.95. The number of hydrogen-bond donors (Lipinski definition) is 1. The van der Waals surface area contributed by atoms with E-state index in [9.17, 15) is 5.26 Å². The molecule has 1 saturated carbocycles. The van der Waals surface area contributed by atoms with Gasteiger partial charge in [-0.15, -0.1) is 0 Å². The van der Waals surface area contributed by atoms with Gasteiger partial charge in [0.2, 0.25) is 0 Å². The molecule has 3 heteroatoms. The van der Waals surface area contributed by atoms with E-state index in [0.29, 0.717) is 6.04 Å². The van der Waals surface area contributed by atoms with Gasteiger partial charge in [0.05, 0.1) is 6.07 Å². The maximum Gasteiger partial charge on any atom is 0.108 e. The molecular formula is C15H27N3. The second kappa shape index (κ2) is 5.59. The Kier molecular flexibility index (Phi) is 4.29. The fraction of sp³-hybridized carbons (Fsp3) is 0.933. The molecule has 1 aliphatic heterocycles. The molecule has 0 aromatic heterocycles. The number of hydrogen-bond acceptors (Lipinski definition) is 3. The normalized spacial score (nSPS) is 37.3. The highest BCUT2D eigenvalue weighted by Crippen LogP contribution is 2.36. The number of rotatable bonds is 4. The summed E-state index contributed by atoms with van der Waals surface area (Å²) in [5, 5.41) is 12.8. The predicted octanol–water partition coefficient (Wildman–Crippen LogP) is 2.39. The Balaban J connectivity index is 1.92. The molecule has 0 aromatic rings. The highest BCUT2D eigenvalue weighted by Gasteiger charge is 2.42. The van der Waals surface area contributed by atoms with E-state index in [2.05, 4.69) is 37.1 Å². The van der Waals surface area contributed by atoms with Crippen LogP contribution in [0.5, 0.6) is 0 Å². The summed E-state index contributed by atoms with van der Waals surface area (Å²) < 4.78 is 0. The number of nitrogens with one attached hydrogen (secondary N) is 1. The van der Waals surface area contributed by atoms with Gasteiger partial charge >= 0.3 is 0 Å². The van der Waals surface area contributed by atoms with Gasteiger partial charge in [-0.3, -0.25) is 10.2 Å². The molecule has 0 bridgehead atoms. The van der Waals surface area contributed by atoms with Crippen LogP contribution in [-0.4, -0.2) is 36.1 Å². The zero-order valence-electron chi connectivity index (χ0n) is 12.1. The average molecular weight is 249 g/mol. The van der Waals surface area contributed by atoms with Crippen molar-refractivity contribution in [2.75, 3.05) is 19.6 Å². The molecule has 0 spiro atoms. The van der Waals surface area contributed by atoms with E-state index in [1.807, 2.05) is 0 Å². The Bertz CT molecular complexity index is 320. The Morgan fingerprint density at radius 3 is 2.78 bits per heavy atom. The second-order valence-corrected chi connectivity index (χ2v) is 6.41. The van der Waals surface area contributed by atoms with Crippen LogP contribution in [0.15, 0.2) is 0 Å². The van der Waals surface area contributed by atoms with Crippen molar-refractivity contribution in [3.63, 3.8) is 0 Å². The minimum atomic E-state index is -0.241. The van der Waals surface area contributed by atoms with Crippen molar-refractivity contribution in [1.82, 2.24) is 10.2 Å². The van der Waals surface area contributed by atoms with Crippen molar-refractivity contribution in [2.45, 2.75) is 58.0 Å². The summed E-state index contributed by atoms with van der Waals surface area (Å²) in [5.41, 5.74) is -0.241. The van der Waals surface area contributed by atoms with Gasteiger partial charge in [-0.1, -0.05) is 20.8 Å². The zero-order chi connectivity index (χ0) is 13.2. The standard InChI is InChI=1S/C15H27N3/c1-4-17-15(11-16)7-5-14(9-15)18-8-6-13(10-18)12(2)3/h12-14,17H,4-10H2,1-3H3. The lowest BCUT2D eigenvalue weighted by molar-refractivity contribution is 0.220. The number of likely N-dealkylation sites (tertiary alicyclic amines) is 1. The molecule has 102 valence electrons. The van der Waals surface area contributed by atoms with Crippen molar-refractivity contribution < 1.29 is 0 Å². The van der Waals surface area contributed by atoms with E-state index in [1.165, 1.54) is 25.9 Å². The first-order valence-corrected chi connectivity index (χ1v) is 7.50. The maximum absolute atomic E-state index is 9.42. The fourth-order valence-corrected chi connectivity index (χ4v) is 3.66. The van der Waals surface area contributed by atoms with Gasteiger partial charge in [-0.25, -0.2) is 0 Å². The number of nitriles is 1. The van der Waals surface area contributed by atoms with Crippen molar-refractivity contribution in [3.8, 4) is 6.07 Å². The Labute approximate surface area is 112 Å². The van der Waals surface area contributed by atoms with E-state index < -0.39 is 0 Å². The lowest BCUT2D eigenvalue weighted by Gasteiger charge is -2.27. The first kappa shape index (κ1) is 13.8. The van der Waals surface area contributed by atoms with Crippen LogP contribution in [-0.2, 0) is 0 Å². The highest BCUT2D eigenvalue weighted by atomic mass is 15.2. The first-order chi connectivity index (χ1) is 8.60. The third-order valence-electron chi connectivity index (χ3n) is 4.93. The molecule has 3 unspecified atom stereocenters. The molecule has 2 fully saturated rings. The summed E-state index contributed by atoms with van der Waals surface area (Å²) in [6, 6.07) is 3.16. The van der Waals surface area contributed by atoms with Crippen molar-refractivity contribution in [1.29, 1.82) is 5.26 Å². The van der Waals surface area contributed by atoms with Crippen molar-refractivity contribution in [2.24, 2.45) is 11.8 Å². The third-order valence-corrected chi connectivity index (χ3v) is 4.93. The van der Waals surface area contributed by atoms with E-state index in [-0.39, 0.29) is 5.54 Å². The molecule has 0 aromatic carbocycles. The Hall–Kier alpha value is -0.590. The molecule has 0 amide bonds. The molecule has 18 heavy (non-hydrogen) atoms. The second-order valence-electron chi connectivity index (χ2n) is 6.41. The SMILES string of the molecule is CCNC1(C#N)CCC(N2CCC(C(C)C)C2)C1. The monoisotopic (exact) mass is 249 g/mol. The summed E-state index contributed by atoms with van der Waals surface area (Å²) in [4.78, 5) is 2.64. The van der Waals surface area contributed by atoms with E-state index in [0.717, 1.165) is 31.2 Å². The van der Waals surface area contributed by atoms with Gasteiger partial charge in [-0.05, 0) is 50.6 Å². The van der Waals surface area contributed by atoms with Crippen LogP contribution in [0, 0.1) is 23.2 Å². The van der Waals surface area contributed by atoms with E-state index in [1.54, 1.807) is 0 Å². The van der Waals surface area contributed by atoms with E-state index >= 15 is 0 Å². The summed E-state index contributed by atoms with van der Waals surface area (Å²) in [6.07, 6.45) is 4.56. The topological polar surface area (TPSA) is 39.1 Å². The predicted molar refractivity (Wildman–Crippen MR) is 74.2 cm³/mol. The lowest BCUT2D eigenvalue weighted by Crippen LogP contribution is -2.43. The summed E-state index contributed by atoms with van der Waals surface area (Å²) >= 11 is 0. The smallest absolute Gasteiger partial charge is 0.108 e. The minimum Gasteiger partial charge on any atom is -0.300 e. The van der Waals surface area contributed by atoms with Crippen LogP contribution in [0.2, 0.25) is 0 Å². The summed E-state index contributed by atoms with van der Waals surface area (Å²) in [5.74, 6) is 1.66. The van der Waals surface area contributed by atoms with Crippen molar-refractivity contribution in [3.05, 3.63) is 0 Å². The van der Waals surface area contributed by atoms with Gasteiger partial charge in [0.15, 0.2) is 0 Å². The average Bonchev–Trinajstić information content (AvgIpc) is 2.95. The molecule has 1 saturated heterocycles. The van der Waals surface area contributed by atoms with Crippen LogP contribution >= 0.6 is 0 Å². The van der Waals surface area contributed by atoms with Gasteiger partial charge < -0.3 is 0 Å². The molecule has 1 N–H and O–H groups in total. The van der Waals surface area contributed by atoms with Crippen LogP contribution in [0.4, 0.5) is 0 Å². The largest absolute Gasteiger partial charge is 0.300 e. The molecule has 1 aliphatic carbocycles. The third kappa shape index (κ3) is 2.70. The highest BCUT2D eigenvalue weighted by molar-refractivity contribution is 5.13. The van der Waals surface area contributed by atoms with Crippen LogP contribution < -0.4 is 5.32 Å². The Morgan fingerprint density at radius 2 is 2.22 bits per heavy atom. The van der Waals surface area contributed by atoms with Crippen LogP contribution in [0.25, 0.3) is 0 Å². The molecule has 0 radical (unpaired) electrons. The van der Waals surface area contributed by atoms with Crippen molar-refractivity contribution >= 4 is 0 Å². The maximum atomic E-state index is 9.42. The molecular weight excluding hydrogens is 222 g/mol. The zero-order valence-corrected chi connectivity index (χ0v) is 12.1. The summed E-state index contributed by atoms with van der Waals surface area (Å²) in [6.45, 7) is 10.1. The molecule has 1 heterocycles. The fourth-order valence-electron chi connectivity index (χ4n) is 3.66. The molecule has 3 atom stereocenters. The van der Waals surface area contributed by atoms with Crippen LogP contribution in [0.1, 0.15) is 46.5 Å². The van der Waals surface area contributed by atoms with Gasteiger partial charge in [0, 0.05) is 12.6 Å². The van der Waals surface area contributed by atoms with Gasteiger partial charge in [0.1, 0.15) is 5.54 Å². The quantitative estimate of drug-likeness (QED) is 0.831. The Morgan fingerprint density at radius 1 is 1.44 bits per heavy atom.